The Morgan fingerprint density at radius 3 is 2.12 bits per heavy atom. The molecule has 0 aromatic heterocycles. The molecular weight excluding hydrogens is 252 g/mol. The fourth-order valence-electron chi connectivity index (χ4n) is 0.680. The molecule has 0 spiro atoms. The predicted molar refractivity (Wildman–Crippen MR) is 65.4 cm³/mol. The summed E-state index contributed by atoms with van der Waals surface area (Å²) in [4.78, 5) is 21.1. The summed E-state index contributed by atoms with van der Waals surface area (Å²) in [5.74, 6) is -1.95. The monoisotopic (exact) mass is 268 g/mol. The topological polar surface area (TPSA) is 127 Å². The Morgan fingerprint density at radius 2 is 1.75 bits per heavy atom. The van der Waals surface area contributed by atoms with Crippen molar-refractivity contribution in [2.24, 2.45) is 11.5 Å². The summed E-state index contributed by atoms with van der Waals surface area (Å²) in [6.45, 7) is 3.38. The molecule has 0 fully saturated rings. The first kappa shape index (κ1) is 15.6. The van der Waals surface area contributed by atoms with E-state index in [1.54, 1.807) is 13.8 Å². The second-order valence-corrected chi connectivity index (χ2v) is 6.73. The average molecular weight is 268 g/mol. The van der Waals surface area contributed by atoms with Gasteiger partial charge in [0.2, 0.25) is 0 Å². The SMILES string of the molecule is CC(C)(SSCC(N)C(=O)O)C(N)C(=O)O. The van der Waals surface area contributed by atoms with Crippen LogP contribution in [0.25, 0.3) is 0 Å². The summed E-state index contributed by atoms with van der Waals surface area (Å²) in [5.41, 5.74) is 10.8. The normalized spacial score (nSPS) is 15.5. The Bertz CT molecular complexity index is 273. The van der Waals surface area contributed by atoms with E-state index in [0.29, 0.717) is 0 Å². The van der Waals surface area contributed by atoms with Gasteiger partial charge in [0.25, 0.3) is 0 Å². The highest BCUT2D eigenvalue weighted by molar-refractivity contribution is 8.77. The molecular formula is C8H16N2O4S2. The molecule has 94 valence electrons. The van der Waals surface area contributed by atoms with Crippen LogP contribution in [0.2, 0.25) is 0 Å². The van der Waals surface area contributed by atoms with Crippen molar-refractivity contribution in [1.29, 1.82) is 0 Å². The maximum Gasteiger partial charge on any atom is 0.321 e. The third-order valence-corrected chi connectivity index (χ3v) is 5.20. The first-order valence-corrected chi connectivity index (χ1v) is 6.77. The number of rotatable bonds is 7. The molecule has 0 aromatic carbocycles. The van der Waals surface area contributed by atoms with E-state index in [-0.39, 0.29) is 5.75 Å². The van der Waals surface area contributed by atoms with Crippen LogP contribution in [-0.4, -0.2) is 44.7 Å². The van der Waals surface area contributed by atoms with Gasteiger partial charge in [-0.25, -0.2) is 0 Å². The zero-order valence-corrected chi connectivity index (χ0v) is 10.7. The van der Waals surface area contributed by atoms with Crippen LogP contribution in [0, 0.1) is 0 Å². The molecule has 0 aliphatic carbocycles. The zero-order chi connectivity index (χ0) is 12.9. The third-order valence-electron chi connectivity index (χ3n) is 1.85. The van der Waals surface area contributed by atoms with Crippen LogP contribution < -0.4 is 11.5 Å². The molecule has 0 heterocycles. The smallest absolute Gasteiger partial charge is 0.321 e. The maximum absolute atomic E-state index is 10.7. The quantitative estimate of drug-likeness (QED) is 0.474. The van der Waals surface area contributed by atoms with Crippen LogP contribution in [-0.2, 0) is 9.59 Å². The van der Waals surface area contributed by atoms with E-state index < -0.39 is 28.8 Å². The van der Waals surface area contributed by atoms with Crippen molar-refractivity contribution < 1.29 is 19.8 Å². The molecule has 0 amide bonds. The molecule has 0 aliphatic rings. The fourth-order valence-corrected chi connectivity index (χ4v) is 3.41. The van der Waals surface area contributed by atoms with Gasteiger partial charge in [-0.2, -0.15) is 0 Å². The Labute approximate surface area is 102 Å². The van der Waals surface area contributed by atoms with Gasteiger partial charge in [0.1, 0.15) is 12.1 Å². The maximum atomic E-state index is 10.7. The molecule has 0 radical (unpaired) electrons. The summed E-state index contributed by atoms with van der Waals surface area (Å²) in [5, 5.41) is 17.3. The minimum atomic E-state index is -1.08. The molecule has 0 aliphatic heterocycles. The Balaban J connectivity index is 4.09. The fraction of sp³-hybridized carbons (Fsp3) is 0.750. The van der Waals surface area contributed by atoms with Gasteiger partial charge in [-0.1, -0.05) is 21.6 Å². The minimum Gasteiger partial charge on any atom is -0.480 e. The van der Waals surface area contributed by atoms with E-state index in [2.05, 4.69) is 0 Å². The van der Waals surface area contributed by atoms with Crippen molar-refractivity contribution in [3.63, 3.8) is 0 Å². The Kier molecular flexibility index (Phi) is 6.16. The second kappa shape index (κ2) is 6.33. The molecule has 2 atom stereocenters. The summed E-state index contributed by atoms with van der Waals surface area (Å²) in [7, 11) is 2.44. The molecule has 0 saturated carbocycles. The number of carbonyl (C=O) groups is 2. The number of hydrogen-bond acceptors (Lipinski definition) is 6. The zero-order valence-electron chi connectivity index (χ0n) is 9.04. The van der Waals surface area contributed by atoms with E-state index in [9.17, 15) is 9.59 Å². The standard InChI is InChI=1S/C8H16N2O4S2/c1-8(2,5(10)7(13)14)16-15-3-4(9)6(11)12/h4-5H,3,9-10H2,1-2H3,(H,11,12)(H,13,14). The first-order valence-electron chi connectivity index (χ1n) is 4.46. The highest BCUT2D eigenvalue weighted by Gasteiger charge is 2.33. The third kappa shape index (κ3) is 5.06. The minimum absolute atomic E-state index is 0.204. The lowest BCUT2D eigenvalue weighted by Crippen LogP contribution is -2.46. The van der Waals surface area contributed by atoms with E-state index in [1.165, 1.54) is 21.6 Å². The van der Waals surface area contributed by atoms with Gasteiger partial charge in [0, 0.05) is 10.5 Å². The summed E-state index contributed by atoms with van der Waals surface area (Å²) >= 11 is 0. The van der Waals surface area contributed by atoms with Crippen LogP contribution in [0.4, 0.5) is 0 Å². The summed E-state index contributed by atoms with van der Waals surface area (Å²) < 4.78 is -0.686. The lowest BCUT2D eigenvalue weighted by atomic mass is 10.1. The number of nitrogens with two attached hydrogens (primary N) is 2. The highest BCUT2D eigenvalue weighted by Crippen LogP contribution is 2.37. The van der Waals surface area contributed by atoms with Crippen molar-refractivity contribution >= 4 is 33.5 Å². The van der Waals surface area contributed by atoms with Crippen molar-refractivity contribution in [2.45, 2.75) is 30.7 Å². The van der Waals surface area contributed by atoms with Crippen molar-refractivity contribution in [2.75, 3.05) is 5.75 Å². The van der Waals surface area contributed by atoms with Crippen LogP contribution in [0.15, 0.2) is 0 Å². The van der Waals surface area contributed by atoms with Crippen LogP contribution >= 0.6 is 21.6 Å². The average Bonchev–Trinajstić information content (AvgIpc) is 2.15. The summed E-state index contributed by atoms with van der Waals surface area (Å²) in [6, 6.07) is -1.96. The lowest BCUT2D eigenvalue weighted by molar-refractivity contribution is -0.139. The van der Waals surface area contributed by atoms with Crippen molar-refractivity contribution in [3.8, 4) is 0 Å². The van der Waals surface area contributed by atoms with E-state index >= 15 is 0 Å². The van der Waals surface area contributed by atoms with Gasteiger partial charge in [-0.3, -0.25) is 9.59 Å². The molecule has 0 rings (SSSR count). The second-order valence-electron chi connectivity index (χ2n) is 3.73. The van der Waals surface area contributed by atoms with Gasteiger partial charge >= 0.3 is 11.9 Å². The number of hydrogen-bond donors (Lipinski definition) is 4. The van der Waals surface area contributed by atoms with Gasteiger partial charge in [-0.05, 0) is 13.8 Å². The number of aliphatic carboxylic acids is 2. The number of carboxylic acid groups (broad SMARTS) is 2. The van der Waals surface area contributed by atoms with E-state index in [0.717, 1.165) is 0 Å². The summed E-state index contributed by atoms with van der Waals surface area (Å²) in [6.07, 6.45) is 0. The van der Waals surface area contributed by atoms with E-state index in [1.807, 2.05) is 0 Å². The molecule has 6 nitrogen and oxygen atoms in total. The van der Waals surface area contributed by atoms with Crippen molar-refractivity contribution in [1.82, 2.24) is 0 Å². The van der Waals surface area contributed by atoms with Crippen molar-refractivity contribution in [3.05, 3.63) is 0 Å². The number of carboxylic acids is 2. The molecule has 2 unspecified atom stereocenters. The van der Waals surface area contributed by atoms with Gasteiger partial charge in [0.15, 0.2) is 0 Å². The van der Waals surface area contributed by atoms with Crippen LogP contribution in [0.3, 0.4) is 0 Å². The van der Waals surface area contributed by atoms with Crippen LogP contribution in [0.1, 0.15) is 13.8 Å². The molecule has 0 bridgehead atoms. The Hall–Kier alpha value is -0.440. The lowest BCUT2D eigenvalue weighted by Gasteiger charge is -2.27. The molecule has 16 heavy (non-hydrogen) atoms. The van der Waals surface area contributed by atoms with Crippen LogP contribution in [0.5, 0.6) is 0 Å². The Morgan fingerprint density at radius 1 is 1.25 bits per heavy atom. The van der Waals surface area contributed by atoms with Gasteiger partial charge < -0.3 is 21.7 Å². The molecule has 6 N–H and O–H groups in total. The van der Waals surface area contributed by atoms with Gasteiger partial charge in [0.05, 0.1) is 0 Å². The molecule has 8 heteroatoms. The molecule has 0 saturated heterocycles. The largest absolute Gasteiger partial charge is 0.480 e. The van der Waals surface area contributed by atoms with E-state index in [4.69, 9.17) is 21.7 Å². The molecule has 0 aromatic rings. The highest BCUT2D eigenvalue weighted by atomic mass is 33.1. The first-order chi connectivity index (χ1) is 7.18. The predicted octanol–water partition coefficient (Wildman–Crippen LogP) is -0.0298. The van der Waals surface area contributed by atoms with Gasteiger partial charge in [-0.15, -0.1) is 0 Å².